The smallest absolute Gasteiger partial charge is 0.119 e. The Labute approximate surface area is 170 Å². The third-order valence-corrected chi connectivity index (χ3v) is 4.59. The summed E-state index contributed by atoms with van der Waals surface area (Å²) in [4.78, 5) is 0. The van der Waals surface area contributed by atoms with Gasteiger partial charge in [-0.2, -0.15) is 0 Å². The summed E-state index contributed by atoms with van der Waals surface area (Å²) in [7, 11) is 0. The Morgan fingerprint density at radius 2 is 1.25 bits per heavy atom. The minimum atomic E-state index is 0.578. The van der Waals surface area contributed by atoms with E-state index in [2.05, 4.69) is 43.3 Å². The number of hydrogen-bond acceptors (Lipinski definition) is 2. The Balaban J connectivity index is 1.74. The van der Waals surface area contributed by atoms with Gasteiger partial charge in [-0.25, -0.2) is 0 Å². The highest BCUT2D eigenvalue weighted by Gasteiger charge is 2.00. The molecule has 0 unspecified atom stereocenters. The molecule has 0 aliphatic carbocycles. The number of allylic oxidation sites excluding steroid dienone is 3. The first-order valence-electron chi connectivity index (χ1n) is 10.6. The summed E-state index contributed by atoms with van der Waals surface area (Å²) in [5.74, 6) is 1.83. The molecule has 0 heterocycles. The maximum atomic E-state index is 5.86. The van der Waals surface area contributed by atoms with Crippen molar-refractivity contribution in [3.05, 3.63) is 72.8 Å². The lowest BCUT2D eigenvalue weighted by Crippen LogP contribution is -1.97. The maximum absolute atomic E-state index is 5.86. The molecule has 0 saturated heterocycles. The Kier molecular flexibility index (Phi) is 10.6. The predicted molar refractivity (Wildman–Crippen MR) is 120 cm³/mol. The third-order valence-electron chi connectivity index (χ3n) is 4.59. The van der Waals surface area contributed by atoms with Crippen molar-refractivity contribution in [1.29, 1.82) is 0 Å². The summed E-state index contributed by atoms with van der Waals surface area (Å²) in [5.41, 5.74) is 2.37. The fourth-order valence-corrected chi connectivity index (χ4v) is 2.95. The van der Waals surface area contributed by atoms with Crippen molar-refractivity contribution in [2.45, 2.75) is 52.4 Å². The van der Waals surface area contributed by atoms with Crippen LogP contribution in [0.3, 0.4) is 0 Å². The number of ether oxygens (including phenoxy) is 2. The molecule has 2 heteroatoms. The molecule has 2 aromatic carbocycles. The van der Waals surface area contributed by atoms with Gasteiger partial charge in [-0.15, -0.1) is 0 Å². The van der Waals surface area contributed by atoms with Crippen molar-refractivity contribution >= 4 is 0 Å². The first-order chi connectivity index (χ1) is 13.8. The molecular formula is C26H34O2. The first kappa shape index (κ1) is 21.8. The van der Waals surface area contributed by atoms with Crippen LogP contribution in [0, 0.1) is 0 Å². The minimum absolute atomic E-state index is 0.578. The summed E-state index contributed by atoms with van der Waals surface area (Å²) in [6, 6.07) is 16.6. The number of benzene rings is 2. The van der Waals surface area contributed by atoms with Gasteiger partial charge in [0.1, 0.15) is 18.1 Å². The maximum Gasteiger partial charge on any atom is 0.119 e. The second kappa shape index (κ2) is 13.7. The van der Waals surface area contributed by atoms with E-state index in [0.29, 0.717) is 6.61 Å². The van der Waals surface area contributed by atoms with Crippen LogP contribution in [0.5, 0.6) is 11.5 Å². The molecule has 0 aliphatic rings. The lowest BCUT2D eigenvalue weighted by Gasteiger charge is -2.08. The Morgan fingerprint density at radius 3 is 1.86 bits per heavy atom. The highest BCUT2D eigenvalue weighted by atomic mass is 16.5. The van der Waals surface area contributed by atoms with Crippen LogP contribution in [0.2, 0.25) is 0 Å². The second-order valence-electron chi connectivity index (χ2n) is 6.93. The van der Waals surface area contributed by atoms with Gasteiger partial charge in [-0.05, 0) is 54.8 Å². The quantitative estimate of drug-likeness (QED) is 0.264. The van der Waals surface area contributed by atoms with Crippen LogP contribution >= 0.6 is 0 Å². The molecule has 2 rings (SSSR count). The van der Waals surface area contributed by atoms with E-state index in [0.717, 1.165) is 24.5 Å². The van der Waals surface area contributed by atoms with Crippen molar-refractivity contribution in [2.24, 2.45) is 0 Å². The molecule has 0 amide bonds. The molecule has 150 valence electrons. The summed E-state index contributed by atoms with van der Waals surface area (Å²) in [5, 5.41) is 0. The monoisotopic (exact) mass is 378 g/mol. The Morgan fingerprint density at radius 1 is 0.679 bits per heavy atom. The van der Waals surface area contributed by atoms with Crippen molar-refractivity contribution in [3.8, 4) is 22.6 Å². The van der Waals surface area contributed by atoms with Crippen molar-refractivity contribution in [2.75, 3.05) is 13.2 Å². The molecular weight excluding hydrogens is 344 g/mol. The largest absolute Gasteiger partial charge is 0.494 e. The van der Waals surface area contributed by atoms with Gasteiger partial charge in [-0.3, -0.25) is 0 Å². The SMILES string of the molecule is CC=CC=CCOc1ccc(-c2ccc(OCCCCCCCC)cc2)cc1. The van der Waals surface area contributed by atoms with E-state index in [-0.39, 0.29) is 0 Å². The van der Waals surface area contributed by atoms with Crippen LogP contribution in [-0.4, -0.2) is 13.2 Å². The second-order valence-corrected chi connectivity index (χ2v) is 6.93. The number of unbranched alkanes of at least 4 members (excludes halogenated alkanes) is 5. The fourth-order valence-electron chi connectivity index (χ4n) is 2.95. The normalized spacial score (nSPS) is 11.4. The Hall–Kier alpha value is -2.48. The summed E-state index contributed by atoms with van der Waals surface area (Å²) >= 11 is 0. The summed E-state index contributed by atoms with van der Waals surface area (Å²) in [6.07, 6.45) is 15.7. The van der Waals surface area contributed by atoms with E-state index in [1.165, 1.54) is 43.2 Å². The van der Waals surface area contributed by atoms with Crippen LogP contribution < -0.4 is 9.47 Å². The van der Waals surface area contributed by atoms with Crippen LogP contribution in [0.25, 0.3) is 11.1 Å². The van der Waals surface area contributed by atoms with Crippen molar-refractivity contribution < 1.29 is 9.47 Å². The molecule has 0 spiro atoms. The zero-order valence-corrected chi connectivity index (χ0v) is 17.4. The van der Waals surface area contributed by atoms with Gasteiger partial charge >= 0.3 is 0 Å². The molecule has 0 aliphatic heterocycles. The van der Waals surface area contributed by atoms with E-state index >= 15 is 0 Å². The van der Waals surface area contributed by atoms with Crippen LogP contribution in [0.15, 0.2) is 72.8 Å². The van der Waals surface area contributed by atoms with Crippen LogP contribution in [0.1, 0.15) is 52.4 Å². The number of hydrogen-bond donors (Lipinski definition) is 0. The molecule has 2 aromatic rings. The van der Waals surface area contributed by atoms with Gasteiger partial charge in [0.25, 0.3) is 0 Å². The van der Waals surface area contributed by atoms with Crippen LogP contribution in [0.4, 0.5) is 0 Å². The van der Waals surface area contributed by atoms with Gasteiger partial charge in [0.15, 0.2) is 0 Å². The standard InChI is InChI=1S/C26H34O2/c1-3-5-7-9-10-12-22-28-26-19-15-24(16-20-26)23-13-17-25(18-14-23)27-21-11-8-6-4-2/h4,6,8,11,13-20H,3,5,7,9-10,12,21-22H2,1-2H3. The van der Waals surface area contributed by atoms with Gasteiger partial charge in [-0.1, -0.05) is 81.5 Å². The highest BCUT2D eigenvalue weighted by molar-refractivity contribution is 5.64. The third kappa shape index (κ3) is 8.47. The van der Waals surface area contributed by atoms with E-state index in [4.69, 9.17) is 9.47 Å². The molecule has 0 radical (unpaired) electrons. The molecule has 28 heavy (non-hydrogen) atoms. The highest BCUT2D eigenvalue weighted by Crippen LogP contribution is 2.24. The van der Waals surface area contributed by atoms with Crippen molar-refractivity contribution in [1.82, 2.24) is 0 Å². The lowest BCUT2D eigenvalue weighted by atomic mass is 10.1. The topological polar surface area (TPSA) is 18.5 Å². The predicted octanol–water partition coefficient (Wildman–Crippen LogP) is 7.60. The van der Waals surface area contributed by atoms with Crippen molar-refractivity contribution in [3.63, 3.8) is 0 Å². The lowest BCUT2D eigenvalue weighted by molar-refractivity contribution is 0.304. The number of rotatable bonds is 13. The van der Waals surface area contributed by atoms with E-state index in [1.807, 2.05) is 43.4 Å². The zero-order valence-electron chi connectivity index (χ0n) is 17.4. The van der Waals surface area contributed by atoms with E-state index < -0.39 is 0 Å². The van der Waals surface area contributed by atoms with Gasteiger partial charge in [0.2, 0.25) is 0 Å². The zero-order chi connectivity index (χ0) is 19.9. The average Bonchev–Trinajstić information content (AvgIpc) is 2.74. The van der Waals surface area contributed by atoms with Gasteiger partial charge < -0.3 is 9.47 Å². The first-order valence-corrected chi connectivity index (χ1v) is 10.6. The molecule has 0 aromatic heterocycles. The molecule has 0 bridgehead atoms. The summed E-state index contributed by atoms with van der Waals surface area (Å²) in [6.45, 7) is 5.63. The van der Waals surface area contributed by atoms with Crippen LogP contribution in [-0.2, 0) is 0 Å². The molecule has 0 N–H and O–H groups in total. The van der Waals surface area contributed by atoms with Gasteiger partial charge in [0, 0.05) is 0 Å². The molecule has 0 fully saturated rings. The minimum Gasteiger partial charge on any atom is -0.494 e. The molecule has 0 saturated carbocycles. The Bertz CT molecular complexity index is 696. The molecule has 2 nitrogen and oxygen atoms in total. The molecule has 0 atom stereocenters. The fraction of sp³-hybridized carbons (Fsp3) is 0.385. The summed E-state index contributed by atoms with van der Waals surface area (Å²) < 4.78 is 11.6. The van der Waals surface area contributed by atoms with E-state index in [9.17, 15) is 0 Å². The van der Waals surface area contributed by atoms with E-state index in [1.54, 1.807) is 0 Å². The average molecular weight is 379 g/mol. The van der Waals surface area contributed by atoms with Gasteiger partial charge in [0.05, 0.1) is 6.61 Å².